The van der Waals surface area contributed by atoms with Gasteiger partial charge in [0.1, 0.15) is 6.04 Å². The fourth-order valence-corrected chi connectivity index (χ4v) is 1.92. The molecule has 118 valence electrons. The van der Waals surface area contributed by atoms with Crippen LogP contribution in [0, 0.1) is 0 Å². The second kappa shape index (κ2) is 8.40. The third-order valence-corrected chi connectivity index (χ3v) is 2.76. The van der Waals surface area contributed by atoms with Gasteiger partial charge in [0, 0.05) is 24.7 Å². The van der Waals surface area contributed by atoms with Gasteiger partial charge in [-0.05, 0) is 24.6 Å². The fraction of sp³-hybridized carbons (Fsp3) is 0.286. The van der Waals surface area contributed by atoms with Crippen molar-refractivity contribution < 1.29 is 24.3 Å². The number of nitrogens with one attached hydrogen (secondary N) is 3. The maximum atomic E-state index is 11.6. The summed E-state index contributed by atoms with van der Waals surface area (Å²) in [5.41, 5.74) is 1.38. The lowest BCUT2D eigenvalue weighted by Gasteiger charge is -2.23. The molecule has 1 aromatic rings. The van der Waals surface area contributed by atoms with E-state index in [0.29, 0.717) is 18.5 Å². The number of amides is 3. The third-order valence-electron chi connectivity index (χ3n) is 2.76. The average molecular weight is 307 g/mol. The predicted molar refractivity (Wildman–Crippen MR) is 79.2 cm³/mol. The number of hydrogen-bond acceptors (Lipinski definition) is 5. The standard InChI is InChI=1S/C13H15N3O3.CH2O2/c1-8(17)14-9-3-2-4-10(7-9)15-11-5-6-12(18)16-13(11)19;2-1-3/h2-4,7,11,15H,5-6H2,1H3,(H,14,17)(H,16,18,19);1H,(H,2,3). The molecule has 1 unspecified atom stereocenters. The Morgan fingerprint density at radius 1 is 1.36 bits per heavy atom. The van der Waals surface area contributed by atoms with E-state index in [1.54, 1.807) is 24.3 Å². The number of carbonyl (C=O) groups is 4. The summed E-state index contributed by atoms with van der Waals surface area (Å²) < 4.78 is 0. The summed E-state index contributed by atoms with van der Waals surface area (Å²) in [6.45, 7) is 1.18. The lowest BCUT2D eigenvalue weighted by atomic mass is 10.1. The molecule has 0 bridgehead atoms. The van der Waals surface area contributed by atoms with Crippen LogP contribution in [0.2, 0.25) is 0 Å². The van der Waals surface area contributed by atoms with Gasteiger partial charge in [-0.15, -0.1) is 0 Å². The second-order valence-corrected chi connectivity index (χ2v) is 4.52. The maximum absolute atomic E-state index is 11.6. The molecule has 1 aliphatic rings. The van der Waals surface area contributed by atoms with Crippen LogP contribution in [0.4, 0.5) is 11.4 Å². The first-order valence-electron chi connectivity index (χ1n) is 6.52. The molecule has 0 aliphatic carbocycles. The van der Waals surface area contributed by atoms with Crippen LogP contribution in [0.15, 0.2) is 24.3 Å². The van der Waals surface area contributed by atoms with E-state index in [-0.39, 0.29) is 24.2 Å². The quantitative estimate of drug-likeness (QED) is 0.478. The SMILES string of the molecule is CC(=O)Nc1cccc(NC2CCC(=O)NC2=O)c1.O=CO. The molecule has 0 radical (unpaired) electrons. The van der Waals surface area contributed by atoms with Crippen LogP contribution < -0.4 is 16.0 Å². The highest BCUT2D eigenvalue weighted by molar-refractivity contribution is 6.01. The van der Waals surface area contributed by atoms with Crippen LogP contribution in [-0.2, 0) is 19.2 Å². The van der Waals surface area contributed by atoms with Crippen LogP contribution in [0.3, 0.4) is 0 Å². The molecule has 3 amide bonds. The van der Waals surface area contributed by atoms with Gasteiger partial charge in [0.25, 0.3) is 6.47 Å². The number of anilines is 2. The summed E-state index contributed by atoms with van der Waals surface area (Å²) >= 11 is 0. The van der Waals surface area contributed by atoms with Crippen LogP contribution in [0.1, 0.15) is 19.8 Å². The summed E-state index contributed by atoms with van der Waals surface area (Å²) in [7, 11) is 0. The number of imide groups is 1. The molecule has 2 rings (SSSR count). The van der Waals surface area contributed by atoms with Crippen molar-refractivity contribution in [1.29, 1.82) is 0 Å². The van der Waals surface area contributed by atoms with E-state index in [2.05, 4.69) is 16.0 Å². The predicted octanol–water partition coefficient (Wildman–Crippen LogP) is 0.563. The van der Waals surface area contributed by atoms with Crippen molar-refractivity contribution >= 4 is 35.6 Å². The Morgan fingerprint density at radius 3 is 2.59 bits per heavy atom. The van der Waals surface area contributed by atoms with Crippen LogP contribution >= 0.6 is 0 Å². The Labute approximate surface area is 126 Å². The zero-order valence-electron chi connectivity index (χ0n) is 12.0. The first kappa shape index (κ1) is 17.2. The van der Waals surface area contributed by atoms with E-state index in [1.165, 1.54) is 6.92 Å². The first-order valence-corrected chi connectivity index (χ1v) is 6.52. The van der Waals surface area contributed by atoms with Crippen molar-refractivity contribution in [2.24, 2.45) is 0 Å². The number of benzene rings is 1. The zero-order chi connectivity index (χ0) is 16.5. The van der Waals surface area contributed by atoms with Gasteiger partial charge in [-0.2, -0.15) is 0 Å². The molecule has 1 saturated heterocycles. The molecular formula is C14H17N3O5. The highest BCUT2D eigenvalue weighted by atomic mass is 16.3. The van der Waals surface area contributed by atoms with E-state index < -0.39 is 6.04 Å². The number of piperidine rings is 1. The Hall–Kier alpha value is -2.90. The minimum Gasteiger partial charge on any atom is -0.483 e. The fourth-order valence-electron chi connectivity index (χ4n) is 1.92. The molecule has 0 saturated carbocycles. The van der Waals surface area contributed by atoms with Gasteiger partial charge in [0.15, 0.2) is 0 Å². The smallest absolute Gasteiger partial charge is 0.290 e. The number of rotatable bonds is 3. The van der Waals surface area contributed by atoms with Crippen molar-refractivity contribution in [3.63, 3.8) is 0 Å². The zero-order valence-corrected chi connectivity index (χ0v) is 12.0. The summed E-state index contributed by atoms with van der Waals surface area (Å²) in [4.78, 5) is 42.0. The minimum absolute atomic E-state index is 0.154. The summed E-state index contributed by atoms with van der Waals surface area (Å²) in [5.74, 6) is -0.714. The molecule has 4 N–H and O–H groups in total. The molecule has 22 heavy (non-hydrogen) atoms. The average Bonchev–Trinajstić information content (AvgIpc) is 2.42. The lowest BCUT2D eigenvalue weighted by molar-refractivity contribution is -0.133. The highest BCUT2D eigenvalue weighted by Gasteiger charge is 2.26. The van der Waals surface area contributed by atoms with E-state index in [1.807, 2.05) is 0 Å². The summed E-state index contributed by atoms with van der Waals surface area (Å²) in [6, 6.07) is 6.65. The van der Waals surface area contributed by atoms with Crippen molar-refractivity contribution in [3.05, 3.63) is 24.3 Å². The van der Waals surface area contributed by atoms with Gasteiger partial charge in [0.05, 0.1) is 0 Å². The van der Waals surface area contributed by atoms with E-state index in [4.69, 9.17) is 9.90 Å². The Kier molecular flexibility index (Phi) is 6.55. The van der Waals surface area contributed by atoms with Gasteiger partial charge in [-0.1, -0.05) is 6.07 Å². The Bertz CT molecular complexity index is 573. The molecule has 1 atom stereocenters. The number of carboxylic acid groups (broad SMARTS) is 1. The normalized spacial score (nSPS) is 16.7. The van der Waals surface area contributed by atoms with Gasteiger partial charge in [0.2, 0.25) is 17.7 Å². The monoisotopic (exact) mass is 307 g/mol. The molecule has 8 heteroatoms. The van der Waals surface area contributed by atoms with Crippen molar-refractivity contribution in [2.75, 3.05) is 10.6 Å². The largest absolute Gasteiger partial charge is 0.483 e. The van der Waals surface area contributed by atoms with Crippen LogP contribution in [0.5, 0.6) is 0 Å². The minimum atomic E-state index is -0.426. The maximum Gasteiger partial charge on any atom is 0.290 e. The Morgan fingerprint density at radius 2 is 2.00 bits per heavy atom. The molecule has 1 aliphatic heterocycles. The second-order valence-electron chi connectivity index (χ2n) is 4.52. The van der Waals surface area contributed by atoms with Crippen molar-refractivity contribution in [2.45, 2.75) is 25.8 Å². The molecule has 1 aromatic carbocycles. The summed E-state index contributed by atoms with van der Waals surface area (Å²) in [5, 5.41) is 14.9. The van der Waals surface area contributed by atoms with Gasteiger partial charge < -0.3 is 15.7 Å². The van der Waals surface area contributed by atoms with Gasteiger partial charge >= 0.3 is 0 Å². The first-order chi connectivity index (χ1) is 10.5. The molecule has 8 nitrogen and oxygen atoms in total. The molecule has 1 heterocycles. The van der Waals surface area contributed by atoms with E-state index in [9.17, 15) is 14.4 Å². The molecular weight excluding hydrogens is 290 g/mol. The van der Waals surface area contributed by atoms with Gasteiger partial charge in [-0.25, -0.2) is 0 Å². The molecule has 0 spiro atoms. The van der Waals surface area contributed by atoms with Gasteiger partial charge in [-0.3, -0.25) is 24.5 Å². The third kappa shape index (κ3) is 5.61. The van der Waals surface area contributed by atoms with E-state index >= 15 is 0 Å². The van der Waals surface area contributed by atoms with Crippen molar-refractivity contribution in [1.82, 2.24) is 5.32 Å². The lowest BCUT2D eigenvalue weighted by Crippen LogP contribution is -2.47. The molecule has 1 fully saturated rings. The number of carbonyl (C=O) groups excluding carboxylic acids is 3. The van der Waals surface area contributed by atoms with E-state index in [0.717, 1.165) is 5.69 Å². The summed E-state index contributed by atoms with van der Waals surface area (Å²) in [6.07, 6.45) is 0.795. The Balaban J connectivity index is 0.000000745. The topological polar surface area (TPSA) is 125 Å². The van der Waals surface area contributed by atoms with Crippen LogP contribution in [-0.4, -0.2) is 35.3 Å². The van der Waals surface area contributed by atoms with Crippen molar-refractivity contribution in [3.8, 4) is 0 Å². The molecule has 0 aromatic heterocycles. The highest BCUT2D eigenvalue weighted by Crippen LogP contribution is 2.18. The number of hydrogen-bond donors (Lipinski definition) is 4. The van der Waals surface area contributed by atoms with Crippen LogP contribution in [0.25, 0.3) is 0 Å².